The highest BCUT2D eigenvalue weighted by molar-refractivity contribution is 7.80. The molecule has 0 spiro atoms. The number of nitrogens with zero attached hydrogens (tertiary/aromatic N) is 3. The van der Waals surface area contributed by atoms with E-state index in [1.165, 1.54) is 34.1 Å². The summed E-state index contributed by atoms with van der Waals surface area (Å²) in [5.74, 6) is -0.641. The molecular weight excluding hydrogens is 414 g/mol. The summed E-state index contributed by atoms with van der Waals surface area (Å²) < 4.78 is 0. The molecule has 1 fully saturated rings. The van der Waals surface area contributed by atoms with Gasteiger partial charge in [0.2, 0.25) is 5.72 Å². The van der Waals surface area contributed by atoms with E-state index in [1.807, 2.05) is 60.7 Å². The van der Waals surface area contributed by atoms with Crippen molar-refractivity contribution < 1.29 is 14.8 Å². The Morgan fingerprint density at radius 1 is 0.903 bits per heavy atom. The lowest BCUT2D eigenvalue weighted by molar-refractivity contribution is -0.385. The second kappa shape index (κ2) is 8.25. The van der Waals surface area contributed by atoms with Crippen molar-refractivity contribution in [1.29, 1.82) is 0 Å². The Balaban J connectivity index is 1.78. The molecule has 1 N–H and O–H groups in total. The van der Waals surface area contributed by atoms with E-state index in [0.29, 0.717) is 0 Å². The molecule has 3 aromatic carbocycles. The quantitative estimate of drug-likeness (QED) is 0.363. The van der Waals surface area contributed by atoms with Crippen molar-refractivity contribution in [3.63, 3.8) is 0 Å². The topological polar surface area (TPSA) is 86.9 Å². The van der Waals surface area contributed by atoms with Crippen LogP contribution in [0.25, 0.3) is 0 Å². The zero-order valence-electron chi connectivity index (χ0n) is 16.4. The van der Waals surface area contributed by atoms with E-state index in [1.54, 1.807) is 0 Å². The number of thiocarbonyl (C=S) groups is 1. The normalized spacial score (nSPS) is 18.5. The van der Waals surface area contributed by atoms with Gasteiger partial charge in [-0.2, -0.15) is 0 Å². The first-order chi connectivity index (χ1) is 14.9. The minimum Gasteiger partial charge on any atom is -0.359 e. The summed E-state index contributed by atoms with van der Waals surface area (Å²) in [6, 6.07) is 24.1. The summed E-state index contributed by atoms with van der Waals surface area (Å²) in [5, 5.41) is 23.1. The highest BCUT2D eigenvalue weighted by Gasteiger charge is 2.56. The smallest absolute Gasteiger partial charge is 0.287 e. The van der Waals surface area contributed by atoms with Crippen LogP contribution >= 0.6 is 12.2 Å². The molecule has 0 unspecified atom stereocenters. The SMILES string of the molecule is O=C1N(Cc2ccccc2)C(=S)N(Cc2ccccc2)[C@]1(O)c1cccc([N+](=O)[O-])c1. The van der Waals surface area contributed by atoms with Gasteiger partial charge in [0.05, 0.1) is 11.5 Å². The average molecular weight is 433 g/mol. The van der Waals surface area contributed by atoms with E-state index in [0.717, 1.165) is 11.1 Å². The van der Waals surface area contributed by atoms with Gasteiger partial charge in [0.15, 0.2) is 5.11 Å². The number of benzene rings is 3. The van der Waals surface area contributed by atoms with Gasteiger partial charge in [-0.1, -0.05) is 72.8 Å². The van der Waals surface area contributed by atoms with E-state index in [2.05, 4.69) is 0 Å². The molecule has 156 valence electrons. The first kappa shape index (κ1) is 20.6. The number of rotatable bonds is 6. The molecule has 1 aliphatic rings. The van der Waals surface area contributed by atoms with Crippen LogP contribution in [0.4, 0.5) is 5.69 Å². The Morgan fingerprint density at radius 2 is 1.48 bits per heavy atom. The van der Waals surface area contributed by atoms with Gasteiger partial charge < -0.3 is 10.0 Å². The molecule has 31 heavy (non-hydrogen) atoms. The molecule has 7 nitrogen and oxygen atoms in total. The highest BCUT2D eigenvalue weighted by atomic mass is 32.1. The number of amides is 1. The van der Waals surface area contributed by atoms with Gasteiger partial charge in [-0.25, -0.2) is 0 Å². The van der Waals surface area contributed by atoms with Crippen LogP contribution in [0.15, 0.2) is 84.9 Å². The van der Waals surface area contributed by atoms with Gasteiger partial charge in [-0.05, 0) is 23.3 Å². The molecule has 1 atom stereocenters. The van der Waals surface area contributed by atoms with Gasteiger partial charge in [0.25, 0.3) is 11.6 Å². The first-order valence-electron chi connectivity index (χ1n) is 9.60. The summed E-state index contributed by atoms with van der Waals surface area (Å²) >= 11 is 5.61. The Labute approximate surface area is 184 Å². The van der Waals surface area contributed by atoms with E-state index < -0.39 is 16.6 Å². The summed E-state index contributed by atoms with van der Waals surface area (Å²) in [5.41, 5.74) is -0.594. The number of nitro benzene ring substituents is 1. The lowest BCUT2D eigenvalue weighted by Crippen LogP contribution is -2.46. The predicted molar refractivity (Wildman–Crippen MR) is 119 cm³/mol. The molecular formula is C23H19N3O4S. The predicted octanol–water partition coefficient (Wildman–Crippen LogP) is 3.57. The molecule has 1 saturated heterocycles. The second-order valence-electron chi connectivity index (χ2n) is 7.21. The monoisotopic (exact) mass is 433 g/mol. The van der Waals surface area contributed by atoms with E-state index >= 15 is 0 Å². The van der Waals surface area contributed by atoms with Crippen LogP contribution in [-0.2, 0) is 23.6 Å². The van der Waals surface area contributed by atoms with Gasteiger partial charge in [-0.3, -0.25) is 19.8 Å². The summed E-state index contributed by atoms with van der Waals surface area (Å²) in [6.45, 7) is 0.344. The third-order valence-electron chi connectivity index (χ3n) is 5.22. The lowest BCUT2D eigenvalue weighted by atomic mass is 9.99. The molecule has 0 radical (unpaired) electrons. The number of hydrogen-bond acceptors (Lipinski definition) is 5. The Hall–Kier alpha value is -3.62. The number of carbonyl (C=O) groups excluding carboxylic acids is 1. The number of aliphatic hydroxyl groups is 1. The van der Waals surface area contributed by atoms with Crippen molar-refractivity contribution in [2.75, 3.05) is 0 Å². The van der Waals surface area contributed by atoms with Crippen LogP contribution in [0.1, 0.15) is 16.7 Å². The zero-order chi connectivity index (χ0) is 22.0. The van der Waals surface area contributed by atoms with Crippen molar-refractivity contribution in [3.05, 3.63) is 112 Å². The largest absolute Gasteiger partial charge is 0.359 e. The summed E-state index contributed by atoms with van der Waals surface area (Å²) in [6.07, 6.45) is 0. The van der Waals surface area contributed by atoms with Crippen LogP contribution in [0.5, 0.6) is 0 Å². The highest BCUT2D eigenvalue weighted by Crippen LogP contribution is 2.38. The molecule has 4 rings (SSSR count). The van der Waals surface area contributed by atoms with Crippen molar-refractivity contribution in [2.24, 2.45) is 0 Å². The van der Waals surface area contributed by atoms with E-state index in [-0.39, 0.29) is 29.5 Å². The molecule has 8 heteroatoms. The van der Waals surface area contributed by atoms with Crippen molar-refractivity contribution in [1.82, 2.24) is 9.80 Å². The number of carbonyl (C=O) groups is 1. The Bertz CT molecular complexity index is 1140. The van der Waals surface area contributed by atoms with Crippen molar-refractivity contribution in [2.45, 2.75) is 18.8 Å². The third-order valence-corrected chi connectivity index (χ3v) is 5.66. The minimum atomic E-state index is -2.16. The standard InChI is InChI=1S/C23H19N3O4S/c27-21-23(28,19-12-7-13-20(14-19)26(29)30)25(16-18-10-5-2-6-11-18)22(31)24(21)15-17-8-3-1-4-9-17/h1-14,28H,15-16H2/t23-/m0/s1. The number of nitro groups is 1. The fourth-order valence-electron chi connectivity index (χ4n) is 3.64. The molecule has 0 aromatic heterocycles. The van der Waals surface area contributed by atoms with Crippen molar-refractivity contribution in [3.8, 4) is 0 Å². The summed E-state index contributed by atoms with van der Waals surface area (Å²) in [7, 11) is 0. The molecule has 3 aromatic rings. The maximum atomic E-state index is 13.5. The van der Waals surface area contributed by atoms with Gasteiger partial charge >= 0.3 is 0 Å². The minimum absolute atomic E-state index is 0.0977. The molecule has 0 bridgehead atoms. The van der Waals surface area contributed by atoms with E-state index in [9.17, 15) is 20.0 Å². The van der Waals surface area contributed by atoms with Gasteiger partial charge in [0, 0.05) is 24.2 Å². The van der Waals surface area contributed by atoms with Crippen LogP contribution in [0.3, 0.4) is 0 Å². The molecule has 1 amide bonds. The molecule has 1 aliphatic heterocycles. The summed E-state index contributed by atoms with van der Waals surface area (Å²) in [4.78, 5) is 27.0. The maximum Gasteiger partial charge on any atom is 0.287 e. The fourth-order valence-corrected chi connectivity index (χ4v) is 3.99. The Kier molecular flexibility index (Phi) is 5.50. The van der Waals surface area contributed by atoms with Gasteiger partial charge in [0.1, 0.15) is 0 Å². The van der Waals surface area contributed by atoms with Gasteiger partial charge in [-0.15, -0.1) is 0 Å². The molecule has 0 saturated carbocycles. The Morgan fingerprint density at radius 3 is 2.06 bits per heavy atom. The fraction of sp³-hybridized carbons (Fsp3) is 0.130. The van der Waals surface area contributed by atoms with Crippen LogP contribution < -0.4 is 0 Å². The third kappa shape index (κ3) is 3.78. The second-order valence-corrected chi connectivity index (χ2v) is 7.58. The van der Waals surface area contributed by atoms with Crippen LogP contribution in [-0.4, -0.2) is 30.8 Å². The van der Waals surface area contributed by atoms with Crippen LogP contribution in [0, 0.1) is 10.1 Å². The average Bonchev–Trinajstić information content (AvgIpc) is 2.97. The molecule has 0 aliphatic carbocycles. The first-order valence-corrected chi connectivity index (χ1v) is 10.0. The number of non-ortho nitro benzene ring substituents is 1. The number of hydrogen-bond donors (Lipinski definition) is 1. The van der Waals surface area contributed by atoms with Crippen molar-refractivity contribution >= 4 is 28.9 Å². The zero-order valence-corrected chi connectivity index (χ0v) is 17.2. The lowest BCUT2D eigenvalue weighted by Gasteiger charge is -2.31. The van der Waals surface area contributed by atoms with E-state index in [4.69, 9.17) is 12.2 Å². The van der Waals surface area contributed by atoms with Crippen LogP contribution in [0.2, 0.25) is 0 Å². The maximum absolute atomic E-state index is 13.5. The molecule has 1 heterocycles.